The van der Waals surface area contributed by atoms with Gasteiger partial charge in [0.2, 0.25) is 11.8 Å². The van der Waals surface area contributed by atoms with E-state index in [2.05, 4.69) is 21.2 Å². The van der Waals surface area contributed by atoms with Crippen LogP contribution in [-0.4, -0.2) is 41.0 Å². The van der Waals surface area contributed by atoms with Crippen molar-refractivity contribution in [3.8, 4) is 0 Å². The molecule has 0 aromatic carbocycles. The topological polar surface area (TPSA) is 66.5 Å². The van der Waals surface area contributed by atoms with Gasteiger partial charge in [0, 0.05) is 25.2 Å². The average molecular weight is 277 g/mol. The normalized spacial score (nSPS) is 21.7. The minimum absolute atomic E-state index is 0.173. The highest BCUT2D eigenvalue weighted by Gasteiger charge is 2.32. The molecule has 0 aromatic rings. The Hall–Kier alpha value is -0.910. The zero-order valence-electron chi connectivity index (χ0n) is 8.46. The molecule has 1 unspecified atom stereocenters. The van der Waals surface area contributed by atoms with Crippen molar-refractivity contribution < 1.29 is 14.4 Å². The van der Waals surface area contributed by atoms with Crippen LogP contribution in [0.5, 0.6) is 0 Å². The van der Waals surface area contributed by atoms with Gasteiger partial charge in [0.1, 0.15) is 6.04 Å². The van der Waals surface area contributed by atoms with Gasteiger partial charge >= 0.3 is 0 Å². The van der Waals surface area contributed by atoms with Gasteiger partial charge in [-0.1, -0.05) is 15.9 Å². The third kappa shape index (κ3) is 3.02. The van der Waals surface area contributed by atoms with Gasteiger partial charge in [-0.2, -0.15) is 0 Å². The molecule has 5 nitrogen and oxygen atoms in total. The Balaban J connectivity index is 2.53. The summed E-state index contributed by atoms with van der Waals surface area (Å²) in [5.74, 6) is -0.687. The van der Waals surface area contributed by atoms with Gasteiger partial charge in [0.15, 0.2) is 0 Å². The van der Waals surface area contributed by atoms with E-state index in [1.54, 1.807) is 0 Å². The van der Waals surface area contributed by atoms with Crippen LogP contribution in [0.25, 0.3) is 0 Å². The van der Waals surface area contributed by atoms with Gasteiger partial charge in [-0.3, -0.25) is 19.3 Å². The maximum Gasteiger partial charge on any atom is 0.251 e. The van der Waals surface area contributed by atoms with Crippen molar-refractivity contribution in [3.05, 3.63) is 0 Å². The molecule has 6 heteroatoms. The molecular weight excluding hydrogens is 264 g/mol. The summed E-state index contributed by atoms with van der Waals surface area (Å²) in [5.41, 5.74) is 0. The van der Waals surface area contributed by atoms with E-state index in [4.69, 9.17) is 0 Å². The van der Waals surface area contributed by atoms with Crippen LogP contribution in [0, 0.1) is 0 Å². The molecule has 84 valence electrons. The first kappa shape index (κ1) is 12.2. The standard InChI is InChI=1S/C9H13BrN2O3/c1-12-8(14)3-2-6(9(12)15)11-7(13)4-5-10/h6H,2-5H2,1H3,(H,11,13). The minimum Gasteiger partial charge on any atom is -0.344 e. The number of imide groups is 1. The molecule has 0 spiro atoms. The lowest BCUT2D eigenvalue weighted by Crippen LogP contribution is -2.52. The first-order chi connectivity index (χ1) is 7.06. The number of nitrogens with zero attached hydrogens (tertiary/aromatic N) is 1. The molecule has 1 N–H and O–H groups in total. The van der Waals surface area contributed by atoms with Crippen molar-refractivity contribution in [3.63, 3.8) is 0 Å². The van der Waals surface area contributed by atoms with E-state index < -0.39 is 6.04 Å². The zero-order valence-corrected chi connectivity index (χ0v) is 10.0. The van der Waals surface area contributed by atoms with E-state index in [9.17, 15) is 14.4 Å². The van der Waals surface area contributed by atoms with Crippen molar-refractivity contribution in [2.24, 2.45) is 0 Å². The molecule has 0 aromatic heterocycles. The number of halogens is 1. The summed E-state index contributed by atoms with van der Waals surface area (Å²) in [6.07, 6.45) is 1.04. The summed E-state index contributed by atoms with van der Waals surface area (Å²) in [6.45, 7) is 0. The van der Waals surface area contributed by atoms with Gasteiger partial charge in [-0.15, -0.1) is 0 Å². The Bertz CT molecular complexity index is 293. The zero-order chi connectivity index (χ0) is 11.4. The van der Waals surface area contributed by atoms with Crippen LogP contribution in [0.1, 0.15) is 19.3 Å². The fourth-order valence-corrected chi connectivity index (χ4v) is 1.76. The maximum absolute atomic E-state index is 11.6. The lowest BCUT2D eigenvalue weighted by atomic mass is 10.0. The number of hydrogen-bond acceptors (Lipinski definition) is 3. The van der Waals surface area contributed by atoms with E-state index in [-0.39, 0.29) is 17.7 Å². The molecule has 15 heavy (non-hydrogen) atoms. The molecule has 3 amide bonds. The molecule has 0 radical (unpaired) electrons. The average Bonchev–Trinajstić information content (AvgIpc) is 2.20. The first-order valence-electron chi connectivity index (χ1n) is 4.72. The molecule has 0 saturated carbocycles. The summed E-state index contributed by atoms with van der Waals surface area (Å²) >= 11 is 3.14. The largest absolute Gasteiger partial charge is 0.344 e. The maximum atomic E-state index is 11.6. The van der Waals surface area contributed by atoms with Gasteiger partial charge in [-0.05, 0) is 6.42 Å². The Morgan fingerprint density at radius 3 is 2.87 bits per heavy atom. The van der Waals surface area contributed by atoms with Crippen molar-refractivity contribution in [1.29, 1.82) is 0 Å². The molecule has 0 bridgehead atoms. The highest BCUT2D eigenvalue weighted by Crippen LogP contribution is 2.11. The lowest BCUT2D eigenvalue weighted by Gasteiger charge is -2.28. The van der Waals surface area contributed by atoms with Gasteiger partial charge in [-0.25, -0.2) is 0 Å². The second kappa shape index (κ2) is 5.25. The number of piperidine rings is 1. The van der Waals surface area contributed by atoms with Crippen LogP contribution in [0.15, 0.2) is 0 Å². The second-order valence-corrected chi connectivity index (χ2v) is 4.18. The molecule has 1 rings (SSSR count). The second-order valence-electron chi connectivity index (χ2n) is 3.39. The monoisotopic (exact) mass is 276 g/mol. The number of likely N-dealkylation sites (N-methyl/N-ethyl adjacent to an activating group) is 1. The Morgan fingerprint density at radius 1 is 1.60 bits per heavy atom. The van der Waals surface area contributed by atoms with Crippen LogP contribution >= 0.6 is 15.9 Å². The molecule has 1 heterocycles. The predicted molar refractivity (Wildman–Crippen MR) is 57.4 cm³/mol. The number of carbonyl (C=O) groups excluding carboxylic acids is 3. The van der Waals surface area contributed by atoms with Gasteiger partial charge in [0.05, 0.1) is 0 Å². The molecule has 1 fully saturated rings. The first-order valence-corrected chi connectivity index (χ1v) is 5.84. The van der Waals surface area contributed by atoms with E-state index >= 15 is 0 Å². The molecular formula is C9H13BrN2O3. The molecule has 1 saturated heterocycles. The highest BCUT2D eigenvalue weighted by atomic mass is 79.9. The van der Waals surface area contributed by atoms with Crippen LogP contribution in [0.2, 0.25) is 0 Å². The summed E-state index contributed by atoms with van der Waals surface area (Å²) in [7, 11) is 1.44. The molecule has 1 aliphatic rings. The van der Waals surface area contributed by atoms with E-state index in [0.717, 1.165) is 4.90 Å². The number of amides is 3. The highest BCUT2D eigenvalue weighted by molar-refractivity contribution is 9.09. The SMILES string of the molecule is CN1C(=O)CCC(NC(=O)CCBr)C1=O. The van der Waals surface area contributed by atoms with E-state index in [1.807, 2.05) is 0 Å². The number of carbonyl (C=O) groups is 3. The third-order valence-corrected chi connectivity index (χ3v) is 2.70. The predicted octanol–water partition coefficient (Wildman–Crippen LogP) is 0.0350. The van der Waals surface area contributed by atoms with Gasteiger partial charge < -0.3 is 5.32 Å². The van der Waals surface area contributed by atoms with Crippen LogP contribution in [0.4, 0.5) is 0 Å². The molecule has 1 atom stereocenters. The van der Waals surface area contributed by atoms with Crippen LogP contribution in [0.3, 0.4) is 0 Å². The fraction of sp³-hybridized carbons (Fsp3) is 0.667. The number of alkyl halides is 1. The van der Waals surface area contributed by atoms with Crippen molar-refractivity contribution in [1.82, 2.24) is 10.2 Å². The lowest BCUT2D eigenvalue weighted by molar-refractivity contribution is -0.149. The van der Waals surface area contributed by atoms with Crippen LogP contribution < -0.4 is 5.32 Å². The number of rotatable bonds is 3. The summed E-state index contributed by atoms with van der Waals surface area (Å²) in [4.78, 5) is 35.0. The quantitative estimate of drug-likeness (QED) is 0.585. The van der Waals surface area contributed by atoms with Crippen molar-refractivity contribution >= 4 is 33.7 Å². The van der Waals surface area contributed by atoms with Crippen molar-refractivity contribution in [2.75, 3.05) is 12.4 Å². The smallest absolute Gasteiger partial charge is 0.251 e. The Labute approximate surface area is 96.3 Å². The fourth-order valence-electron chi connectivity index (χ4n) is 1.40. The summed E-state index contributed by atoms with van der Waals surface area (Å²) in [6, 6.07) is -0.542. The van der Waals surface area contributed by atoms with Crippen molar-refractivity contribution in [2.45, 2.75) is 25.3 Å². The van der Waals surface area contributed by atoms with E-state index in [0.29, 0.717) is 24.6 Å². The molecule has 1 aliphatic heterocycles. The summed E-state index contributed by atoms with van der Waals surface area (Å²) in [5, 5.41) is 3.17. The number of hydrogen-bond donors (Lipinski definition) is 1. The Kier molecular flexibility index (Phi) is 4.26. The molecule has 0 aliphatic carbocycles. The summed E-state index contributed by atoms with van der Waals surface area (Å²) < 4.78 is 0. The van der Waals surface area contributed by atoms with E-state index in [1.165, 1.54) is 7.05 Å². The number of likely N-dealkylation sites (tertiary alicyclic amines) is 1. The van der Waals surface area contributed by atoms with Gasteiger partial charge in [0.25, 0.3) is 5.91 Å². The number of nitrogens with one attached hydrogen (secondary N) is 1. The third-order valence-electron chi connectivity index (χ3n) is 2.31. The van der Waals surface area contributed by atoms with Crippen LogP contribution in [-0.2, 0) is 14.4 Å². The Morgan fingerprint density at radius 2 is 2.27 bits per heavy atom. The minimum atomic E-state index is -0.542.